The van der Waals surface area contributed by atoms with Crippen LogP contribution in [0.4, 0.5) is 5.69 Å². The van der Waals surface area contributed by atoms with E-state index in [0.717, 1.165) is 10.4 Å². The molecular weight excluding hydrogens is 398 g/mol. The number of hydrogen-bond acceptors (Lipinski definition) is 6. The number of methoxy groups -OCH3 is 1. The second kappa shape index (κ2) is 6.96. The summed E-state index contributed by atoms with van der Waals surface area (Å²) < 4.78 is 31.2. The predicted molar refractivity (Wildman–Crippen MR) is 106 cm³/mol. The van der Waals surface area contributed by atoms with Crippen molar-refractivity contribution in [3.05, 3.63) is 64.4 Å². The number of fused-ring (bicyclic) bond motifs is 1. The van der Waals surface area contributed by atoms with Crippen molar-refractivity contribution in [2.45, 2.75) is 22.1 Å². The molecule has 1 aliphatic heterocycles. The molecule has 2 N–H and O–H groups in total. The first kappa shape index (κ1) is 18.5. The van der Waals surface area contributed by atoms with Crippen LogP contribution in [0.25, 0.3) is 0 Å². The van der Waals surface area contributed by atoms with Gasteiger partial charge in [-0.15, -0.1) is 11.3 Å². The van der Waals surface area contributed by atoms with Gasteiger partial charge in [0.15, 0.2) is 11.5 Å². The number of rotatable bonds is 4. The standard InChI is InChI=1S/C20H17NO5S2/c1-26-16-8-7-12(9-15(16)22)14-10-18(23)21-19-17(11-27-20(14)19)28(24,25)13-5-3-2-4-6-13/h2-9,11,14,22H,10H2,1H3,(H,21,23). The van der Waals surface area contributed by atoms with E-state index in [1.165, 1.54) is 30.6 Å². The molecule has 0 saturated heterocycles. The van der Waals surface area contributed by atoms with Crippen molar-refractivity contribution in [2.24, 2.45) is 0 Å². The van der Waals surface area contributed by atoms with Gasteiger partial charge in [0.05, 0.1) is 17.7 Å². The Kier molecular flexibility index (Phi) is 4.60. The second-order valence-corrected chi connectivity index (χ2v) is 9.22. The van der Waals surface area contributed by atoms with E-state index in [1.807, 2.05) is 0 Å². The van der Waals surface area contributed by atoms with E-state index in [0.29, 0.717) is 11.4 Å². The Morgan fingerprint density at radius 3 is 2.61 bits per heavy atom. The average Bonchev–Trinajstić information content (AvgIpc) is 3.12. The van der Waals surface area contributed by atoms with Crippen LogP contribution in [0.15, 0.2) is 63.7 Å². The first-order valence-electron chi connectivity index (χ1n) is 8.50. The normalized spacial score (nSPS) is 16.3. The van der Waals surface area contributed by atoms with Crippen LogP contribution in [0, 0.1) is 0 Å². The Labute approximate surface area is 166 Å². The van der Waals surface area contributed by atoms with Crippen molar-refractivity contribution in [3.63, 3.8) is 0 Å². The number of anilines is 1. The summed E-state index contributed by atoms with van der Waals surface area (Å²) in [6.07, 6.45) is 0.171. The van der Waals surface area contributed by atoms with E-state index in [9.17, 15) is 18.3 Å². The molecule has 1 aromatic heterocycles. The molecule has 1 amide bonds. The molecule has 3 aromatic rings. The van der Waals surface area contributed by atoms with Crippen molar-refractivity contribution in [2.75, 3.05) is 12.4 Å². The number of carbonyl (C=O) groups is 1. The number of sulfone groups is 1. The van der Waals surface area contributed by atoms with Gasteiger partial charge >= 0.3 is 0 Å². The molecule has 0 bridgehead atoms. The van der Waals surface area contributed by atoms with Gasteiger partial charge in [0.2, 0.25) is 15.7 Å². The maximum absolute atomic E-state index is 13.1. The van der Waals surface area contributed by atoms with Crippen LogP contribution in [0.3, 0.4) is 0 Å². The number of nitrogens with one attached hydrogen (secondary N) is 1. The number of aromatic hydroxyl groups is 1. The van der Waals surface area contributed by atoms with E-state index in [2.05, 4.69) is 5.32 Å². The van der Waals surface area contributed by atoms with Gasteiger partial charge in [0.1, 0.15) is 4.90 Å². The first-order valence-corrected chi connectivity index (χ1v) is 10.9. The van der Waals surface area contributed by atoms with Gasteiger partial charge in [0, 0.05) is 22.6 Å². The summed E-state index contributed by atoms with van der Waals surface area (Å²) in [6.45, 7) is 0. The average molecular weight is 415 g/mol. The van der Waals surface area contributed by atoms with Crippen LogP contribution in [0.1, 0.15) is 22.8 Å². The number of amides is 1. The van der Waals surface area contributed by atoms with Crippen molar-refractivity contribution in [1.82, 2.24) is 0 Å². The molecule has 4 rings (SSSR count). The zero-order valence-corrected chi connectivity index (χ0v) is 16.5. The summed E-state index contributed by atoms with van der Waals surface area (Å²) in [6, 6.07) is 13.1. The summed E-state index contributed by atoms with van der Waals surface area (Å²) in [5.74, 6) is -0.301. The highest BCUT2D eigenvalue weighted by atomic mass is 32.2. The minimum atomic E-state index is -3.76. The highest BCUT2D eigenvalue weighted by Crippen LogP contribution is 2.46. The lowest BCUT2D eigenvalue weighted by Gasteiger charge is -2.24. The molecular formula is C20H17NO5S2. The predicted octanol–water partition coefficient (Wildman–Crippen LogP) is 3.77. The SMILES string of the molecule is COc1ccc(C2CC(=O)Nc3c(S(=O)(=O)c4ccccc4)csc32)cc1O. The van der Waals surface area contributed by atoms with E-state index in [-0.39, 0.29) is 33.8 Å². The molecule has 2 heterocycles. The van der Waals surface area contributed by atoms with Crippen molar-refractivity contribution in [1.29, 1.82) is 0 Å². The molecule has 0 fully saturated rings. The third kappa shape index (κ3) is 3.04. The molecule has 28 heavy (non-hydrogen) atoms. The van der Waals surface area contributed by atoms with Crippen LogP contribution >= 0.6 is 11.3 Å². The highest BCUT2D eigenvalue weighted by Gasteiger charge is 2.34. The van der Waals surface area contributed by atoms with Crippen molar-refractivity contribution in [3.8, 4) is 11.5 Å². The number of hydrogen-bond donors (Lipinski definition) is 2. The third-order valence-corrected chi connectivity index (χ3v) is 7.74. The summed E-state index contributed by atoms with van der Waals surface area (Å²) in [7, 11) is -2.30. The minimum Gasteiger partial charge on any atom is -0.504 e. The number of benzene rings is 2. The fourth-order valence-corrected chi connectivity index (χ4v) is 6.25. The molecule has 0 saturated carbocycles. The number of phenols is 1. The second-order valence-electron chi connectivity index (χ2n) is 6.39. The summed E-state index contributed by atoms with van der Waals surface area (Å²) in [5, 5.41) is 14.4. The molecule has 1 atom stereocenters. The zero-order chi connectivity index (χ0) is 19.9. The van der Waals surface area contributed by atoms with E-state index < -0.39 is 9.84 Å². The molecule has 0 aliphatic carbocycles. The Hall–Kier alpha value is -2.84. The highest BCUT2D eigenvalue weighted by molar-refractivity contribution is 7.91. The fourth-order valence-electron chi connectivity index (χ4n) is 3.32. The van der Waals surface area contributed by atoms with Crippen LogP contribution < -0.4 is 10.1 Å². The Balaban J connectivity index is 1.82. The van der Waals surface area contributed by atoms with Gasteiger partial charge in [-0.25, -0.2) is 8.42 Å². The summed E-state index contributed by atoms with van der Waals surface area (Å²) in [5.41, 5.74) is 1.05. The number of carbonyl (C=O) groups excluding carboxylic acids is 1. The number of phenolic OH excluding ortho intramolecular Hbond substituents is 1. The lowest BCUT2D eigenvalue weighted by molar-refractivity contribution is -0.116. The van der Waals surface area contributed by atoms with Crippen LogP contribution in [0.5, 0.6) is 11.5 Å². The van der Waals surface area contributed by atoms with Crippen LogP contribution in [-0.4, -0.2) is 26.5 Å². The zero-order valence-electron chi connectivity index (χ0n) is 14.9. The third-order valence-electron chi connectivity index (χ3n) is 4.70. The molecule has 1 unspecified atom stereocenters. The molecule has 2 aromatic carbocycles. The molecule has 6 nitrogen and oxygen atoms in total. The quantitative estimate of drug-likeness (QED) is 0.677. The maximum atomic E-state index is 13.1. The lowest BCUT2D eigenvalue weighted by atomic mass is 9.90. The maximum Gasteiger partial charge on any atom is 0.225 e. The van der Waals surface area contributed by atoms with Crippen LogP contribution in [0.2, 0.25) is 0 Å². The van der Waals surface area contributed by atoms with E-state index in [4.69, 9.17) is 4.74 Å². The van der Waals surface area contributed by atoms with E-state index in [1.54, 1.807) is 41.8 Å². The summed E-state index contributed by atoms with van der Waals surface area (Å²) in [4.78, 5) is 13.4. The largest absolute Gasteiger partial charge is 0.504 e. The minimum absolute atomic E-state index is 0.0266. The molecule has 1 aliphatic rings. The topological polar surface area (TPSA) is 92.7 Å². The summed E-state index contributed by atoms with van der Waals surface area (Å²) >= 11 is 1.29. The van der Waals surface area contributed by atoms with Crippen LogP contribution in [-0.2, 0) is 14.6 Å². The fraction of sp³-hybridized carbons (Fsp3) is 0.150. The molecule has 144 valence electrons. The monoisotopic (exact) mass is 415 g/mol. The first-order chi connectivity index (χ1) is 13.4. The van der Waals surface area contributed by atoms with Gasteiger partial charge in [-0.2, -0.15) is 0 Å². The Morgan fingerprint density at radius 2 is 1.93 bits per heavy atom. The smallest absolute Gasteiger partial charge is 0.225 e. The van der Waals surface area contributed by atoms with Crippen molar-refractivity contribution < 1.29 is 23.1 Å². The number of ether oxygens (including phenoxy) is 1. The van der Waals surface area contributed by atoms with Gasteiger partial charge in [-0.3, -0.25) is 4.79 Å². The van der Waals surface area contributed by atoms with Crippen molar-refractivity contribution >= 4 is 32.8 Å². The van der Waals surface area contributed by atoms with Gasteiger partial charge in [-0.1, -0.05) is 24.3 Å². The Morgan fingerprint density at radius 1 is 1.18 bits per heavy atom. The molecule has 0 radical (unpaired) electrons. The number of thiophene rings is 1. The molecule has 0 spiro atoms. The van der Waals surface area contributed by atoms with Gasteiger partial charge < -0.3 is 15.2 Å². The molecule has 8 heteroatoms. The van der Waals surface area contributed by atoms with Gasteiger partial charge in [-0.05, 0) is 29.8 Å². The Bertz CT molecular complexity index is 1150. The van der Waals surface area contributed by atoms with E-state index >= 15 is 0 Å². The lowest BCUT2D eigenvalue weighted by Crippen LogP contribution is -2.23. The van der Waals surface area contributed by atoms with Gasteiger partial charge in [0.25, 0.3) is 0 Å².